The predicted octanol–water partition coefficient (Wildman–Crippen LogP) is 1.72. The van der Waals surface area contributed by atoms with Crippen molar-refractivity contribution >= 4 is 11.8 Å². The first-order chi connectivity index (χ1) is 7.19. The number of nitrogens with one attached hydrogen (secondary N) is 1. The molecule has 4 heteroatoms. The predicted molar refractivity (Wildman–Crippen MR) is 66.4 cm³/mol. The molecule has 0 aliphatic carbocycles. The molecular formula is C11H19N3S. The van der Waals surface area contributed by atoms with E-state index in [2.05, 4.69) is 35.4 Å². The highest BCUT2D eigenvalue weighted by molar-refractivity contribution is 7.97. The molecule has 0 atom stereocenters. The number of aromatic nitrogens is 2. The summed E-state index contributed by atoms with van der Waals surface area (Å²) in [7, 11) is 1.97. The van der Waals surface area contributed by atoms with Crippen LogP contribution < -0.4 is 5.32 Å². The van der Waals surface area contributed by atoms with Crippen molar-refractivity contribution in [3.8, 4) is 0 Å². The summed E-state index contributed by atoms with van der Waals surface area (Å²) in [5.41, 5.74) is 3.54. The first-order valence-corrected chi connectivity index (χ1v) is 6.55. The molecule has 0 aliphatic heterocycles. The van der Waals surface area contributed by atoms with Gasteiger partial charge >= 0.3 is 0 Å². The number of nitrogens with zero attached hydrogens (tertiary/aromatic N) is 2. The lowest BCUT2D eigenvalue weighted by Gasteiger charge is -2.10. The lowest BCUT2D eigenvalue weighted by atomic mass is 10.1. The van der Waals surface area contributed by atoms with Gasteiger partial charge in [-0.15, -0.1) is 0 Å². The third-order valence-electron chi connectivity index (χ3n) is 2.37. The summed E-state index contributed by atoms with van der Waals surface area (Å²) in [6.45, 7) is 5.12. The first-order valence-electron chi connectivity index (χ1n) is 5.15. The molecule has 0 aliphatic rings. The van der Waals surface area contributed by atoms with E-state index in [1.54, 1.807) is 11.8 Å². The maximum atomic E-state index is 4.52. The van der Waals surface area contributed by atoms with Crippen LogP contribution in [0.2, 0.25) is 0 Å². The molecule has 0 bridgehead atoms. The highest BCUT2D eigenvalue weighted by atomic mass is 32.2. The van der Waals surface area contributed by atoms with Gasteiger partial charge in [0.15, 0.2) is 0 Å². The average molecular weight is 225 g/mol. The fourth-order valence-corrected chi connectivity index (χ4v) is 2.00. The van der Waals surface area contributed by atoms with E-state index >= 15 is 0 Å². The van der Waals surface area contributed by atoms with Crippen molar-refractivity contribution in [2.24, 2.45) is 0 Å². The van der Waals surface area contributed by atoms with Crippen LogP contribution in [0, 0.1) is 13.8 Å². The summed E-state index contributed by atoms with van der Waals surface area (Å²) < 4.78 is 0. The van der Waals surface area contributed by atoms with Crippen LogP contribution in [0.3, 0.4) is 0 Å². The molecule has 0 unspecified atom stereocenters. The second-order valence-electron chi connectivity index (χ2n) is 3.58. The van der Waals surface area contributed by atoms with Crippen LogP contribution in [0.4, 0.5) is 0 Å². The van der Waals surface area contributed by atoms with Crippen LogP contribution in [-0.4, -0.2) is 29.8 Å². The minimum Gasteiger partial charge on any atom is -0.319 e. The van der Waals surface area contributed by atoms with E-state index < -0.39 is 0 Å². The van der Waals surface area contributed by atoms with Gasteiger partial charge in [0.2, 0.25) is 0 Å². The van der Waals surface area contributed by atoms with Crippen molar-refractivity contribution < 1.29 is 0 Å². The Morgan fingerprint density at radius 3 is 2.27 bits per heavy atom. The molecule has 0 radical (unpaired) electrons. The first kappa shape index (κ1) is 12.5. The Hall–Kier alpha value is -0.610. The zero-order valence-electron chi connectivity index (χ0n) is 9.92. The van der Waals surface area contributed by atoms with Gasteiger partial charge in [-0.3, -0.25) is 0 Å². The molecule has 0 aromatic carbocycles. The molecule has 0 amide bonds. The Balaban J connectivity index is 2.88. The SMILES string of the molecule is CNCCc1c(C)nc(CSC)nc1C. The molecule has 1 aromatic rings. The van der Waals surface area contributed by atoms with E-state index in [1.807, 2.05) is 7.05 Å². The van der Waals surface area contributed by atoms with E-state index in [0.29, 0.717) is 0 Å². The van der Waals surface area contributed by atoms with Crippen LogP contribution in [0.15, 0.2) is 0 Å². The average Bonchev–Trinajstić information content (AvgIpc) is 2.17. The van der Waals surface area contributed by atoms with Crippen LogP contribution >= 0.6 is 11.8 Å². The quantitative estimate of drug-likeness (QED) is 0.828. The molecule has 84 valence electrons. The molecular weight excluding hydrogens is 206 g/mol. The van der Waals surface area contributed by atoms with Crippen LogP contribution in [0.25, 0.3) is 0 Å². The van der Waals surface area contributed by atoms with Crippen LogP contribution in [0.1, 0.15) is 22.8 Å². The molecule has 0 saturated heterocycles. The Labute approximate surface area is 96.1 Å². The van der Waals surface area contributed by atoms with Gasteiger partial charge in [0.05, 0.1) is 5.75 Å². The fraction of sp³-hybridized carbons (Fsp3) is 0.636. The summed E-state index contributed by atoms with van der Waals surface area (Å²) in [6, 6.07) is 0. The molecule has 1 heterocycles. The zero-order chi connectivity index (χ0) is 11.3. The van der Waals surface area contributed by atoms with Crippen molar-refractivity contribution in [2.45, 2.75) is 26.0 Å². The Bertz CT molecular complexity index is 303. The number of rotatable bonds is 5. The highest BCUT2D eigenvalue weighted by Crippen LogP contribution is 2.13. The highest BCUT2D eigenvalue weighted by Gasteiger charge is 2.07. The summed E-state index contributed by atoms with van der Waals surface area (Å²) in [5, 5.41) is 3.15. The summed E-state index contributed by atoms with van der Waals surface area (Å²) in [5.74, 6) is 1.85. The Morgan fingerprint density at radius 1 is 1.20 bits per heavy atom. The van der Waals surface area contributed by atoms with Crippen molar-refractivity contribution in [1.29, 1.82) is 0 Å². The largest absolute Gasteiger partial charge is 0.319 e. The number of likely N-dealkylation sites (N-methyl/N-ethyl adjacent to an activating group) is 1. The van der Waals surface area contributed by atoms with Crippen LogP contribution in [0.5, 0.6) is 0 Å². The maximum Gasteiger partial charge on any atom is 0.138 e. The molecule has 1 N–H and O–H groups in total. The second kappa shape index (κ2) is 6.08. The topological polar surface area (TPSA) is 37.8 Å². The summed E-state index contributed by atoms with van der Waals surface area (Å²) in [4.78, 5) is 9.03. The molecule has 0 saturated carbocycles. The minimum absolute atomic E-state index is 0.897. The molecule has 3 nitrogen and oxygen atoms in total. The van der Waals surface area contributed by atoms with Gasteiger partial charge in [-0.25, -0.2) is 9.97 Å². The third-order valence-corrected chi connectivity index (χ3v) is 2.91. The lowest BCUT2D eigenvalue weighted by Crippen LogP contribution is -2.14. The van der Waals surface area contributed by atoms with Gasteiger partial charge in [0, 0.05) is 11.4 Å². The molecule has 0 spiro atoms. The van der Waals surface area contributed by atoms with Gasteiger partial charge in [0.25, 0.3) is 0 Å². The van der Waals surface area contributed by atoms with Gasteiger partial charge < -0.3 is 5.32 Å². The number of aryl methyl sites for hydroxylation is 2. The van der Waals surface area contributed by atoms with Crippen LogP contribution in [-0.2, 0) is 12.2 Å². The van der Waals surface area contributed by atoms with Gasteiger partial charge in [0.1, 0.15) is 5.82 Å². The minimum atomic E-state index is 0.897. The zero-order valence-corrected chi connectivity index (χ0v) is 10.7. The second-order valence-corrected chi connectivity index (χ2v) is 4.44. The molecule has 15 heavy (non-hydrogen) atoms. The normalized spacial score (nSPS) is 10.7. The standard InChI is InChI=1S/C11H19N3S/c1-8-10(5-6-12-3)9(2)14-11(13-8)7-15-4/h12H,5-7H2,1-4H3. The van der Waals surface area contributed by atoms with Crippen molar-refractivity contribution in [1.82, 2.24) is 15.3 Å². The fourth-order valence-electron chi connectivity index (χ4n) is 1.61. The summed E-state index contributed by atoms with van der Waals surface area (Å²) in [6.07, 6.45) is 3.08. The van der Waals surface area contributed by atoms with E-state index in [0.717, 1.165) is 35.9 Å². The Morgan fingerprint density at radius 2 is 1.80 bits per heavy atom. The smallest absolute Gasteiger partial charge is 0.138 e. The number of hydrogen-bond donors (Lipinski definition) is 1. The molecule has 1 aromatic heterocycles. The maximum absolute atomic E-state index is 4.52. The summed E-state index contributed by atoms with van der Waals surface area (Å²) >= 11 is 1.76. The number of hydrogen-bond acceptors (Lipinski definition) is 4. The number of thioether (sulfide) groups is 1. The lowest BCUT2D eigenvalue weighted by molar-refractivity contribution is 0.769. The van der Waals surface area contributed by atoms with Gasteiger partial charge in [-0.1, -0.05) is 0 Å². The van der Waals surface area contributed by atoms with E-state index in [9.17, 15) is 0 Å². The Kier molecular flexibility index (Phi) is 5.05. The molecule has 1 rings (SSSR count). The van der Waals surface area contributed by atoms with Gasteiger partial charge in [-0.2, -0.15) is 11.8 Å². The molecule has 0 fully saturated rings. The van der Waals surface area contributed by atoms with E-state index in [1.165, 1.54) is 5.56 Å². The monoisotopic (exact) mass is 225 g/mol. The van der Waals surface area contributed by atoms with Crippen molar-refractivity contribution in [2.75, 3.05) is 19.8 Å². The van der Waals surface area contributed by atoms with Crippen molar-refractivity contribution in [3.63, 3.8) is 0 Å². The van der Waals surface area contributed by atoms with Gasteiger partial charge in [-0.05, 0) is 45.7 Å². The third kappa shape index (κ3) is 3.47. The van der Waals surface area contributed by atoms with E-state index in [4.69, 9.17) is 0 Å². The van der Waals surface area contributed by atoms with Crippen molar-refractivity contribution in [3.05, 3.63) is 22.8 Å². The van der Waals surface area contributed by atoms with E-state index in [-0.39, 0.29) is 0 Å².